The lowest BCUT2D eigenvalue weighted by molar-refractivity contribution is -0.147. The Kier molecular flexibility index (Phi) is 13.0. The van der Waals surface area contributed by atoms with Gasteiger partial charge in [0, 0.05) is 18.5 Å². The van der Waals surface area contributed by atoms with Crippen molar-refractivity contribution < 1.29 is 28.8 Å². The van der Waals surface area contributed by atoms with Gasteiger partial charge in [0.25, 0.3) is 11.8 Å². The molecule has 0 aromatic carbocycles. The number of nitrogens with zero attached hydrogens (tertiary/aromatic N) is 1. The number of rotatable bonds is 15. The first-order valence-electron chi connectivity index (χ1n) is 20.6. The first-order chi connectivity index (χ1) is 25.9. The maximum atomic E-state index is 15.2. The molecule has 2 heterocycles. The average Bonchev–Trinajstić information content (AvgIpc) is 3.62. The zero-order chi connectivity index (χ0) is 38.6. The maximum Gasteiger partial charge on any atom is 0.289 e. The highest BCUT2D eigenvalue weighted by Gasteiger charge is 2.52. The number of carbonyl (C=O) groups is 6. The lowest BCUT2D eigenvalue weighted by atomic mass is 9.69. The van der Waals surface area contributed by atoms with Crippen LogP contribution < -0.4 is 21.3 Å². The largest absolute Gasteiger partial charge is 0.347 e. The molecule has 5 fully saturated rings. The van der Waals surface area contributed by atoms with Gasteiger partial charge in [-0.1, -0.05) is 96.8 Å². The number of hydrogen-bond donors (Lipinski definition) is 4. The lowest BCUT2D eigenvalue weighted by Crippen LogP contribution is -2.63. The van der Waals surface area contributed by atoms with Crippen molar-refractivity contribution in [2.75, 3.05) is 6.54 Å². The molecule has 1 aromatic rings. The Morgan fingerprint density at radius 2 is 1.57 bits per heavy atom. The van der Waals surface area contributed by atoms with E-state index in [1.807, 2.05) is 25.3 Å². The van der Waals surface area contributed by atoms with Gasteiger partial charge in [-0.2, -0.15) is 0 Å². The molecule has 0 spiro atoms. The number of Topliss-reactive ketones (excluding diaryl/α,β-unsaturated/α-hetero) is 1. The summed E-state index contributed by atoms with van der Waals surface area (Å²) in [5.41, 5.74) is 0.163. The second-order valence-electron chi connectivity index (χ2n) is 17.5. The molecular weight excluding hydrogens is 703 g/mol. The van der Waals surface area contributed by atoms with Gasteiger partial charge in [0.2, 0.25) is 23.5 Å². The fourth-order valence-corrected chi connectivity index (χ4v) is 10.1. The molecule has 5 amide bonds. The molecule has 1 saturated heterocycles. The smallest absolute Gasteiger partial charge is 0.289 e. The summed E-state index contributed by atoms with van der Waals surface area (Å²) >= 11 is 1.32. The van der Waals surface area contributed by atoms with Gasteiger partial charge < -0.3 is 26.2 Å². The maximum absolute atomic E-state index is 15.2. The first-order valence-corrected chi connectivity index (χ1v) is 21.5. The third-order valence-corrected chi connectivity index (χ3v) is 13.9. The van der Waals surface area contributed by atoms with E-state index in [2.05, 4.69) is 34.8 Å². The molecule has 1 aliphatic heterocycles. The summed E-state index contributed by atoms with van der Waals surface area (Å²) in [6.07, 6.45) is 14.0. The van der Waals surface area contributed by atoms with Gasteiger partial charge in [-0.25, -0.2) is 0 Å². The van der Waals surface area contributed by atoms with E-state index >= 15 is 4.79 Å². The van der Waals surface area contributed by atoms with E-state index in [0.717, 1.165) is 102 Å². The van der Waals surface area contributed by atoms with E-state index in [-0.39, 0.29) is 54.0 Å². The fourth-order valence-electron chi connectivity index (χ4n) is 9.45. The summed E-state index contributed by atoms with van der Waals surface area (Å²) in [5.74, 6) is -3.05. The van der Waals surface area contributed by atoms with Gasteiger partial charge in [0.15, 0.2) is 0 Å². The van der Waals surface area contributed by atoms with Crippen molar-refractivity contribution >= 4 is 46.7 Å². The van der Waals surface area contributed by atoms with Gasteiger partial charge in [0.1, 0.15) is 18.1 Å². The van der Waals surface area contributed by atoms with Crippen molar-refractivity contribution in [1.29, 1.82) is 0 Å². The third-order valence-electron chi connectivity index (χ3n) is 13.0. The summed E-state index contributed by atoms with van der Waals surface area (Å²) < 4.78 is 0. The Balaban J connectivity index is 1.28. The van der Waals surface area contributed by atoms with Crippen LogP contribution >= 0.6 is 11.3 Å². The van der Waals surface area contributed by atoms with Crippen molar-refractivity contribution in [1.82, 2.24) is 26.2 Å². The van der Waals surface area contributed by atoms with Crippen molar-refractivity contribution in [2.24, 2.45) is 29.1 Å². The molecule has 296 valence electrons. The molecule has 11 nitrogen and oxygen atoms in total. The van der Waals surface area contributed by atoms with Crippen LogP contribution in [0, 0.1) is 29.1 Å². The predicted molar refractivity (Wildman–Crippen MR) is 208 cm³/mol. The van der Waals surface area contributed by atoms with E-state index in [1.165, 1.54) is 11.3 Å². The van der Waals surface area contributed by atoms with Crippen LogP contribution in [-0.4, -0.2) is 77.0 Å². The van der Waals surface area contributed by atoms with Crippen LogP contribution in [0.5, 0.6) is 0 Å². The number of nitrogens with one attached hydrogen (secondary N) is 4. The van der Waals surface area contributed by atoms with Gasteiger partial charge in [-0.05, 0) is 79.6 Å². The number of amides is 5. The van der Waals surface area contributed by atoms with E-state index in [9.17, 15) is 24.0 Å². The minimum atomic E-state index is -0.991. The molecule has 0 bridgehead atoms. The summed E-state index contributed by atoms with van der Waals surface area (Å²) in [5, 5.41) is 13.8. The summed E-state index contributed by atoms with van der Waals surface area (Å²) in [4.78, 5) is 86.3. The normalized spacial score (nSPS) is 24.9. The molecule has 4 saturated carbocycles. The molecular formula is C42H61N5O6S. The Bertz CT molecular complexity index is 1560. The van der Waals surface area contributed by atoms with Crippen molar-refractivity contribution in [2.45, 2.75) is 154 Å². The van der Waals surface area contributed by atoms with Crippen LogP contribution in [0.15, 0.2) is 29.7 Å². The van der Waals surface area contributed by atoms with E-state index in [4.69, 9.17) is 0 Å². The predicted octanol–water partition coefficient (Wildman–Crippen LogP) is 5.44. The van der Waals surface area contributed by atoms with Crippen LogP contribution in [0.1, 0.15) is 133 Å². The van der Waals surface area contributed by atoms with Gasteiger partial charge in [-0.15, -0.1) is 11.3 Å². The summed E-state index contributed by atoms with van der Waals surface area (Å²) in [6.45, 7) is 10.5. The highest BCUT2D eigenvalue weighted by molar-refractivity contribution is 7.12. The molecule has 1 aromatic heterocycles. The zero-order valence-electron chi connectivity index (χ0n) is 32.5. The van der Waals surface area contributed by atoms with Gasteiger partial charge in [0.05, 0.1) is 10.9 Å². The molecule has 12 heteroatoms. The van der Waals surface area contributed by atoms with Crippen LogP contribution in [0.2, 0.25) is 0 Å². The minimum absolute atomic E-state index is 0.00751. The van der Waals surface area contributed by atoms with Crippen LogP contribution in [0.4, 0.5) is 0 Å². The monoisotopic (exact) mass is 763 g/mol. The van der Waals surface area contributed by atoms with Gasteiger partial charge in [-0.3, -0.25) is 28.8 Å². The third kappa shape index (κ3) is 9.28. The standard InChI is InChI=1S/C42H61N5O6S/c1-25(2)32-26(3)24-47(34(32)39(51)44-30(23-27-13-11-14-27)35(48)40(52)43-29-18-19-29)41(53)36(42(4)20-9-6-10-21-42)46-38(50)33(28-15-7-5-8-16-28)45-37(49)31-17-12-22-54-31/h12,17,22,25,27-30,32-34,36H,3,5-11,13-16,18-21,23-24H2,1-2,4H3,(H,43,52)(H,44,51)(H,45,49)(H,46,50)/t30?,32-,33-,34-,36+/m0/s1. The quantitative estimate of drug-likeness (QED) is 0.138. The Hall–Kier alpha value is -3.54. The van der Waals surface area contributed by atoms with E-state index in [1.54, 1.807) is 11.0 Å². The highest BCUT2D eigenvalue weighted by atomic mass is 32.1. The SMILES string of the molecule is C=C1CN(C(=O)[C@@H](NC(=O)[C@@H](NC(=O)c2cccs2)C2CCCCC2)C2(C)CCCCC2)[C@H](C(=O)NC(CC2CCC2)C(=O)C(=O)NC2CC2)[C@H]1C(C)C. The van der Waals surface area contributed by atoms with Crippen LogP contribution in [0.25, 0.3) is 0 Å². The molecule has 5 aliphatic rings. The van der Waals surface area contributed by atoms with Crippen LogP contribution in [-0.2, 0) is 24.0 Å². The Labute approximate surface area is 324 Å². The van der Waals surface area contributed by atoms with Crippen molar-refractivity contribution in [3.8, 4) is 0 Å². The molecule has 6 rings (SSSR count). The number of thiophene rings is 1. The topological polar surface area (TPSA) is 154 Å². The van der Waals surface area contributed by atoms with Gasteiger partial charge >= 0.3 is 0 Å². The average molecular weight is 764 g/mol. The second-order valence-corrected chi connectivity index (χ2v) is 18.5. The van der Waals surface area contributed by atoms with E-state index in [0.29, 0.717) is 11.3 Å². The summed E-state index contributed by atoms with van der Waals surface area (Å²) in [7, 11) is 0. The number of ketones is 1. The fraction of sp³-hybridized carbons (Fsp3) is 0.714. The van der Waals surface area contributed by atoms with Crippen LogP contribution in [0.3, 0.4) is 0 Å². The highest BCUT2D eigenvalue weighted by Crippen LogP contribution is 2.42. The molecule has 0 radical (unpaired) electrons. The number of hydrogen-bond acceptors (Lipinski definition) is 7. The molecule has 5 atom stereocenters. The molecule has 54 heavy (non-hydrogen) atoms. The van der Waals surface area contributed by atoms with E-state index < -0.39 is 47.2 Å². The number of carbonyl (C=O) groups excluding carboxylic acids is 6. The minimum Gasteiger partial charge on any atom is -0.347 e. The first kappa shape index (κ1) is 40.1. The lowest BCUT2D eigenvalue weighted by Gasteiger charge is -2.43. The van der Waals surface area contributed by atoms with Crippen molar-refractivity contribution in [3.63, 3.8) is 0 Å². The summed E-state index contributed by atoms with van der Waals surface area (Å²) in [6, 6.07) is -0.149. The molecule has 4 N–H and O–H groups in total. The zero-order valence-corrected chi connectivity index (χ0v) is 33.3. The second kappa shape index (κ2) is 17.5. The molecule has 1 unspecified atom stereocenters. The Morgan fingerprint density at radius 3 is 2.17 bits per heavy atom. The number of likely N-dealkylation sites (tertiary alicyclic amines) is 1. The molecule has 4 aliphatic carbocycles. The Morgan fingerprint density at radius 1 is 0.889 bits per heavy atom. The van der Waals surface area contributed by atoms with Crippen molar-refractivity contribution in [3.05, 3.63) is 34.5 Å².